The van der Waals surface area contributed by atoms with Gasteiger partial charge in [0.1, 0.15) is 23.2 Å². The van der Waals surface area contributed by atoms with E-state index in [1.165, 1.54) is 15.9 Å². The standard InChI is InChI=1S/C21H19O2P.2H2/c22-21(23)16-17-24(18-10-4-1-5-11-18,19-12-6-2-7-13-19)20-14-8-3-9-15-20;;/h1-15H,16-17H2;2*1H/p+1. The average molecular weight is 339 g/mol. The van der Waals surface area contributed by atoms with Gasteiger partial charge in [-0.1, -0.05) is 54.6 Å². The van der Waals surface area contributed by atoms with Crippen molar-refractivity contribution in [2.45, 2.75) is 6.42 Å². The third-order valence-electron chi connectivity index (χ3n) is 4.25. The van der Waals surface area contributed by atoms with E-state index in [9.17, 15) is 9.90 Å². The van der Waals surface area contributed by atoms with Crippen LogP contribution in [0, 0.1) is 0 Å². The van der Waals surface area contributed by atoms with Crippen LogP contribution in [0.1, 0.15) is 9.27 Å². The van der Waals surface area contributed by atoms with Crippen LogP contribution < -0.4 is 15.9 Å². The van der Waals surface area contributed by atoms with Gasteiger partial charge in [0.2, 0.25) is 0 Å². The van der Waals surface area contributed by atoms with Crippen LogP contribution in [0.15, 0.2) is 91.0 Å². The topological polar surface area (TPSA) is 37.3 Å². The molecule has 0 bridgehead atoms. The minimum atomic E-state index is -1.99. The molecule has 0 aliphatic heterocycles. The molecule has 1 N–H and O–H groups in total. The van der Waals surface area contributed by atoms with Gasteiger partial charge in [0, 0.05) is 2.85 Å². The number of hydrogen-bond acceptors (Lipinski definition) is 1. The van der Waals surface area contributed by atoms with E-state index >= 15 is 0 Å². The van der Waals surface area contributed by atoms with Gasteiger partial charge in [0.25, 0.3) is 0 Å². The monoisotopic (exact) mass is 339 g/mol. The lowest BCUT2D eigenvalue weighted by molar-refractivity contribution is -0.136. The van der Waals surface area contributed by atoms with Crippen molar-refractivity contribution in [3.8, 4) is 0 Å². The number of aliphatic carboxylic acids is 1. The molecule has 0 fully saturated rings. The molecule has 0 radical (unpaired) electrons. The van der Waals surface area contributed by atoms with Crippen LogP contribution in [0.2, 0.25) is 0 Å². The fraction of sp³-hybridized carbons (Fsp3) is 0.0952. The summed E-state index contributed by atoms with van der Waals surface area (Å²) >= 11 is 0. The summed E-state index contributed by atoms with van der Waals surface area (Å²) in [6, 6.07) is 31.1. The first-order chi connectivity index (χ1) is 11.7. The first-order valence-electron chi connectivity index (χ1n) is 8.00. The van der Waals surface area contributed by atoms with Crippen molar-refractivity contribution in [2.75, 3.05) is 6.16 Å². The summed E-state index contributed by atoms with van der Waals surface area (Å²) in [5, 5.41) is 13.0. The summed E-state index contributed by atoms with van der Waals surface area (Å²) in [5.41, 5.74) is 0. The van der Waals surface area contributed by atoms with Crippen LogP contribution in [0.5, 0.6) is 0 Å². The van der Waals surface area contributed by atoms with Crippen molar-refractivity contribution in [2.24, 2.45) is 0 Å². The maximum atomic E-state index is 11.4. The quantitative estimate of drug-likeness (QED) is 0.691. The van der Waals surface area contributed by atoms with Crippen LogP contribution in [-0.4, -0.2) is 17.2 Å². The zero-order valence-corrected chi connectivity index (χ0v) is 14.3. The highest BCUT2D eigenvalue weighted by Crippen LogP contribution is 2.55. The summed E-state index contributed by atoms with van der Waals surface area (Å²) in [4.78, 5) is 11.4. The van der Waals surface area contributed by atoms with Gasteiger partial charge in [-0.15, -0.1) is 0 Å². The second kappa shape index (κ2) is 7.42. The normalized spacial score (nSPS) is 11.2. The molecule has 0 aliphatic rings. The summed E-state index contributed by atoms with van der Waals surface area (Å²) in [6.45, 7) is 0. The molecule has 0 atom stereocenters. The van der Waals surface area contributed by atoms with E-state index in [-0.39, 0.29) is 9.27 Å². The van der Waals surface area contributed by atoms with Gasteiger partial charge in [-0.3, -0.25) is 4.79 Å². The van der Waals surface area contributed by atoms with E-state index in [0.29, 0.717) is 6.16 Å². The zero-order valence-electron chi connectivity index (χ0n) is 13.4. The summed E-state index contributed by atoms with van der Waals surface area (Å²) in [5.74, 6) is -0.748. The molecule has 124 valence electrons. The van der Waals surface area contributed by atoms with E-state index < -0.39 is 13.2 Å². The van der Waals surface area contributed by atoms with E-state index in [1.54, 1.807) is 0 Å². The number of benzene rings is 3. The lowest BCUT2D eigenvalue weighted by Gasteiger charge is -2.27. The zero-order chi connectivity index (χ0) is 16.8. The molecule has 0 aromatic heterocycles. The maximum Gasteiger partial charge on any atom is 0.307 e. The molecule has 0 saturated heterocycles. The molecule has 3 aromatic rings. The van der Waals surface area contributed by atoms with E-state index in [0.717, 1.165) is 0 Å². The Morgan fingerprint density at radius 3 is 1.33 bits per heavy atom. The molecule has 0 saturated carbocycles. The SMILES string of the molecule is O=C(O)CC[P+](c1ccccc1)(c1ccccc1)c1ccccc1.[HH].[HH]. The van der Waals surface area contributed by atoms with Gasteiger partial charge in [0.15, 0.2) is 0 Å². The van der Waals surface area contributed by atoms with E-state index in [1.807, 2.05) is 54.6 Å². The Labute approximate surface area is 146 Å². The summed E-state index contributed by atoms with van der Waals surface area (Å²) in [7, 11) is -1.99. The second-order valence-electron chi connectivity index (χ2n) is 5.68. The molecular formula is C21H24O2P+. The van der Waals surface area contributed by atoms with Gasteiger partial charge in [0.05, 0.1) is 12.6 Å². The largest absolute Gasteiger partial charge is 0.481 e. The van der Waals surface area contributed by atoms with Gasteiger partial charge in [-0.2, -0.15) is 0 Å². The van der Waals surface area contributed by atoms with Crippen molar-refractivity contribution >= 4 is 29.1 Å². The smallest absolute Gasteiger partial charge is 0.307 e. The Balaban J connectivity index is 0.00000169. The van der Waals surface area contributed by atoms with Gasteiger partial charge >= 0.3 is 5.97 Å². The van der Waals surface area contributed by atoms with Gasteiger partial charge in [-0.25, -0.2) is 0 Å². The Morgan fingerprint density at radius 1 is 0.708 bits per heavy atom. The highest BCUT2D eigenvalue weighted by Gasteiger charge is 2.45. The van der Waals surface area contributed by atoms with Crippen molar-refractivity contribution < 1.29 is 12.8 Å². The minimum Gasteiger partial charge on any atom is -0.481 e. The van der Waals surface area contributed by atoms with Crippen molar-refractivity contribution in [3.63, 3.8) is 0 Å². The molecule has 0 heterocycles. The number of carboxylic acid groups (broad SMARTS) is 1. The van der Waals surface area contributed by atoms with Crippen LogP contribution in [0.3, 0.4) is 0 Å². The van der Waals surface area contributed by atoms with Gasteiger partial charge < -0.3 is 5.11 Å². The van der Waals surface area contributed by atoms with E-state index in [2.05, 4.69) is 36.4 Å². The lowest BCUT2D eigenvalue weighted by atomic mass is 10.4. The predicted molar refractivity (Wildman–Crippen MR) is 106 cm³/mol. The third kappa shape index (κ3) is 3.25. The Kier molecular flexibility index (Phi) is 5.08. The molecule has 24 heavy (non-hydrogen) atoms. The number of carbonyl (C=O) groups is 1. The molecule has 0 aliphatic carbocycles. The Morgan fingerprint density at radius 2 is 1.04 bits per heavy atom. The Hall–Kier alpha value is -2.44. The highest BCUT2D eigenvalue weighted by molar-refractivity contribution is 7.95. The molecule has 3 rings (SSSR count). The van der Waals surface area contributed by atoms with Crippen molar-refractivity contribution in [3.05, 3.63) is 91.0 Å². The minimum absolute atomic E-state index is 0. The van der Waals surface area contributed by atoms with Crippen molar-refractivity contribution in [1.82, 2.24) is 0 Å². The second-order valence-corrected chi connectivity index (χ2v) is 9.30. The molecule has 3 heteroatoms. The number of rotatable bonds is 6. The Bertz CT molecular complexity index is 699. The maximum absolute atomic E-state index is 11.4. The van der Waals surface area contributed by atoms with Crippen molar-refractivity contribution in [1.29, 1.82) is 0 Å². The molecule has 0 amide bonds. The molecule has 3 aromatic carbocycles. The first-order valence-corrected chi connectivity index (χ1v) is 9.97. The summed E-state index contributed by atoms with van der Waals surface area (Å²) < 4.78 is 0. The fourth-order valence-electron chi connectivity index (χ4n) is 3.15. The molecule has 0 unspecified atom stereocenters. The van der Waals surface area contributed by atoms with Crippen LogP contribution >= 0.6 is 7.26 Å². The fourth-order valence-corrected chi connectivity index (χ4v) is 7.38. The first kappa shape index (κ1) is 16.4. The summed E-state index contributed by atoms with van der Waals surface area (Å²) in [6.07, 6.45) is 0.785. The predicted octanol–water partition coefficient (Wildman–Crippen LogP) is 3.95. The van der Waals surface area contributed by atoms with Gasteiger partial charge in [-0.05, 0) is 36.4 Å². The van der Waals surface area contributed by atoms with Crippen LogP contribution in [0.25, 0.3) is 0 Å². The third-order valence-corrected chi connectivity index (χ3v) is 8.69. The number of carboxylic acids is 1. The number of hydrogen-bond donors (Lipinski definition) is 1. The average Bonchev–Trinajstić information content (AvgIpc) is 2.65. The van der Waals surface area contributed by atoms with Crippen LogP contribution in [0.4, 0.5) is 0 Å². The van der Waals surface area contributed by atoms with Crippen LogP contribution in [-0.2, 0) is 4.79 Å². The highest BCUT2D eigenvalue weighted by atomic mass is 31.2. The molecule has 0 spiro atoms. The molecule has 2 nitrogen and oxygen atoms in total. The molecular weight excluding hydrogens is 315 g/mol. The lowest BCUT2D eigenvalue weighted by Crippen LogP contribution is -2.34. The van der Waals surface area contributed by atoms with E-state index in [4.69, 9.17) is 0 Å².